The van der Waals surface area contributed by atoms with Crippen LogP contribution < -0.4 is 9.47 Å². The summed E-state index contributed by atoms with van der Waals surface area (Å²) in [5, 5.41) is 17.5. The van der Waals surface area contributed by atoms with Gasteiger partial charge in [-0.15, -0.1) is 10.5 Å². The second-order valence-corrected chi connectivity index (χ2v) is 8.72. The molecule has 0 spiro atoms. The first kappa shape index (κ1) is 17.1. The van der Waals surface area contributed by atoms with Crippen LogP contribution in [0.3, 0.4) is 0 Å². The average Bonchev–Trinajstić information content (AvgIpc) is 2.69. The van der Waals surface area contributed by atoms with Crippen LogP contribution in [-0.2, 0) is 5.41 Å². The van der Waals surface area contributed by atoms with Gasteiger partial charge in [-0.3, -0.25) is 0 Å². The van der Waals surface area contributed by atoms with E-state index in [2.05, 4.69) is 24.3 Å². The van der Waals surface area contributed by atoms with Gasteiger partial charge in [0.15, 0.2) is 0 Å². The predicted molar refractivity (Wildman–Crippen MR) is 103 cm³/mol. The number of nitriles is 2. The highest BCUT2D eigenvalue weighted by molar-refractivity contribution is 5.42. The second-order valence-electron chi connectivity index (χ2n) is 8.72. The minimum atomic E-state index is 0.150. The Morgan fingerprint density at radius 2 is 1.29 bits per heavy atom. The number of hydrogen-bond donors (Lipinski definition) is 0. The fourth-order valence-corrected chi connectivity index (χ4v) is 6.75. The van der Waals surface area contributed by atoms with Gasteiger partial charge in [-0.1, -0.05) is 24.3 Å². The van der Waals surface area contributed by atoms with Gasteiger partial charge in [-0.25, -0.2) is 0 Å². The van der Waals surface area contributed by atoms with Gasteiger partial charge in [0.05, 0.1) is 0 Å². The van der Waals surface area contributed by atoms with Crippen LogP contribution in [0, 0.1) is 40.8 Å². The van der Waals surface area contributed by atoms with Crippen molar-refractivity contribution in [2.75, 3.05) is 0 Å². The third-order valence-corrected chi connectivity index (χ3v) is 7.31. The van der Waals surface area contributed by atoms with Crippen LogP contribution in [0.15, 0.2) is 48.5 Å². The normalized spacial score (nSPS) is 32.4. The highest BCUT2D eigenvalue weighted by atomic mass is 16.5. The third-order valence-electron chi connectivity index (χ3n) is 7.31. The van der Waals surface area contributed by atoms with E-state index in [1.54, 1.807) is 12.5 Å². The zero-order chi connectivity index (χ0) is 19.1. The second kappa shape index (κ2) is 6.57. The van der Waals surface area contributed by atoms with Crippen LogP contribution in [0.1, 0.15) is 49.1 Å². The molecule has 4 fully saturated rings. The molecule has 4 nitrogen and oxygen atoms in total. The SMILES string of the molecule is N#COc1ccc(C2C3CC4CC(C3)CC2(c2ccc(OC#N)cc2)C4)cc1. The minimum Gasteiger partial charge on any atom is -0.388 e. The van der Waals surface area contributed by atoms with Crippen molar-refractivity contribution in [3.05, 3.63) is 59.7 Å². The third kappa shape index (κ3) is 2.64. The summed E-state index contributed by atoms with van der Waals surface area (Å²) in [7, 11) is 0. The molecule has 4 aliphatic carbocycles. The van der Waals surface area contributed by atoms with Crippen molar-refractivity contribution in [2.24, 2.45) is 17.8 Å². The lowest BCUT2D eigenvalue weighted by Gasteiger charge is -2.62. The molecular weight excluding hydrogens is 348 g/mol. The van der Waals surface area contributed by atoms with Gasteiger partial charge in [0.1, 0.15) is 11.5 Å². The Bertz CT molecular complexity index is 938. The molecule has 3 atom stereocenters. The Balaban J connectivity index is 1.56. The summed E-state index contributed by atoms with van der Waals surface area (Å²) in [4.78, 5) is 0. The maximum Gasteiger partial charge on any atom is 0.292 e. The Labute approximate surface area is 165 Å². The van der Waals surface area contributed by atoms with Crippen LogP contribution in [-0.4, -0.2) is 0 Å². The largest absolute Gasteiger partial charge is 0.388 e. The van der Waals surface area contributed by atoms with E-state index in [4.69, 9.17) is 20.0 Å². The van der Waals surface area contributed by atoms with Crippen molar-refractivity contribution in [3.63, 3.8) is 0 Å². The van der Waals surface area contributed by atoms with Crippen LogP contribution in [0.4, 0.5) is 0 Å². The van der Waals surface area contributed by atoms with Crippen molar-refractivity contribution in [1.29, 1.82) is 10.5 Å². The topological polar surface area (TPSA) is 66.0 Å². The molecule has 4 bridgehead atoms. The summed E-state index contributed by atoms with van der Waals surface area (Å²) in [5.74, 6) is 4.05. The van der Waals surface area contributed by atoms with Gasteiger partial charge in [-0.05, 0) is 91.2 Å². The van der Waals surface area contributed by atoms with Gasteiger partial charge in [0.25, 0.3) is 12.5 Å². The summed E-state index contributed by atoms with van der Waals surface area (Å²) < 4.78 is 9.97. The summed E-state index contributed by atoms with van der Waals surface area (Å²) in [5.41, 5.74) is 2.88. The number of nitrogens with zero attached hydrogens (tertiary/aromatic N) is 2. The lowest BCUT2D eigenvalue weighted by molar-refractivity contribution is -0.0280. The maximum absolute atomic E-state index is 8.77. The molecule has 6 rings (SSSR count). The van der Waals surface area contributed by atoms with Gasteiger partial charge < -0.3 is 9.47 Å². The van der Waals surface area contributed by atoms with Crippen LogP contribution in [0.25, 0.3) is 0 Å². The Morgan fingerprint density at radius 3 is 1.82 bits per heavy atom. The molecule has 0 radical (unpaired) electrons. The van der Waals surface area contributed by atoms with Crippen LogP contribution in [0.5, 0.6) is 11.5 Å². The number of hydrogen-bond acceptors (Lipinski definition) is 4. The molecule has 0 N–H and O–H groups in total. The van der Waals surface area contributed by atoms with E-state index >= 15 is 0 Å². The zero-order valence-electron chi connectivity index (χ0n) is 15.7. The van der Waals surface area contributed by atoms with E-state index in [1.165, 1.54) is 43.2 Å². The molecule has 0 aliphatic heterocycles. The molecule has 0 aromatic heterocycles. The van der Waals surface area contributed by atoms with Crippen molar-refractivity contribution >= 4 is 0 Å². The molecule has 3 unspecified atom stereocenters. The van der Waals surface area contributed by atoms with Crippen molar-refractivity contribution in [2.45, 2.75) is 43.4 Å². The number of ether oxygens (including phenoxy) is 2. The molecule has 2 aromatic rings. The summed E-state index contributed by atoms with van der Waals surface area (Å²) in [6, 6.07) is 16.3. The molecule has 4 aliphatic rings. The monoisotopic (exact) mass is 370 g/mol. The first-order valence-electron chi connectivity index (χ1n) is 10.0. The summed E-state index contributed by atoms with van der Waals surface area (Å²) >= 11 is 0. The summed E-state index contributed by atoms with van der Waals surface area (Å²) in [6.45, 7) is 0. The van der Waals surface area contributed by atoms with E-state index in [-0.39, 0.29) is 5.41 Å². The van der Waals surface area contributed by atoms with Gasteiger partial charge in [0, 0.05) is 5.41 Å². The Kier molecular flexibility index (Phi) is 4.02. The Morgan fingerprint density at radius 1 is 0.750 bits per heavy atom. The van der Waals surface area contributed by atoms with Crippen LogP contribution in [0.2, 0.25) is 0 Å². The zero-order valence-corrected chi connectivity index (χ0v) is 15.7. The highest BCUT2D eigenvalue weighted by Gasteiger charge is 2.57. The molecule has 4 heteroatoms. The number of benzene rings is 2. The van der Waals surface area contributed by atoms with E-state index in [9.17, 15) is 0 Å². The minimum absolute atomic E-state index is 0.150. The van der Waals surface area contributed by atoms with Crippen molar-refractivity contribution in [1.82, 2.24) is 0 Å². The molecule has 0 saturated heterocycles. The van der Waals surface area contributed by atoms with Crippen LogP contribution >= 0.6 is 0 Å². The first-order chi connectivity index (χ1) is 13.7. The van der Waals surface area contributed by atoms with Gasteiger partial charge >= 0.3 is 0 Å². The summed E-state index contributed by atoms with van der Waals surface area (Å²) in [6.07, 6.45) is 10.0. The fraction of sp³-hybridized carbons (Fsp3) is 0.417. The van der Waals surface area contributed by atoms with Gasteiger partial charge in [-0.2, -0.15) is 0 Å². The predicted octanol–water partition coefficient (Wildman–Crippen LogP) is 5.27. The van der Waals surface area contributed by atoms with Gasteiger partial charge in [0.2, 0.25) is 0 Å². The smallest absolute Gasteiger partial charge is 0.292 e. The fourth-order valence-electron chi connectivity index (χ4n) is 6.75. The van der Waals surface area contributed by atoms with E-state index < -0.39 is 0 Å². The highest BCUT2D eigenvalue weighted by Crippen LogP contribution is 2.66. The molecular formula is C24H22N2O2. The quantitative estimate of drug-likeness (QED) is 0.688. The van der Waals surface area contributed by atoms with Crippen molar-refractivity contribution < 1.29 is 9.47 Å². The molecule has 28 heavy (non-hydrogen) atoms. The lowest BCUT2D eigenvalue weighted by Crippen LogP contribution is -2.53. The van der Waals surface area contributed by atoms with E-state index in [0.29, 0.717) is 23.3 Å². The maximum atomic E-state index is 8.77. The molecule has 0 amide bonds. The average molecular weight is 370 g/mol. The van der Waals surface area contributed by atoms with Crippen molar-refractivity contribution in [3.8, 4) is 24.0 Å². The first-order valence-corrected chi connectivity index (χ1v) is 10.0. The molecule has 140 valence electrons. The molecule has 0 heterocycles. The van der Waals surface area contributed by atoms with E-state index in [0.717, 1.165) is 11.8 Å². The molecule has 2 aromatic carbocycles. The number of rotatable bonds is 4. The Hall–Kier alpha value is -2.98. The standard InChI is InChI=1S/C24H22N2O2/c25-14-27-21-5-1-18(2-6-21)23-19-10-16-9-17(11-19)13-24(23,12-16)20-3-7-22(8-4-20)28-15-26/h1-8,16-17,19,23H,9-13H2. The molecule has 4 saturated carbocycles. The van der Waals surface area contributed by atoms with E-state index in [1.807, 2.05) is 24.3 Å². The lowest BCUT2D eigenvalue weighted by atomic mass is 9.42.